The average molecular weight is 357 g/mol. The van der Waals surface area contributed by atoms with Crippen LogP contribution in [0.2, 0.25) is 5.02 Å². The van der Waals surface area contributed by atoms with Gasteiger partial charge in [0, 0.05) is 27.7 Å². The predicted octanol–water partition coefficient (Wildman–Crippen LogP) is 4.83. The first-order valence-corrected chi connectivity index (χ1v) is 8.31. The molecule has 0 aliphatic carbocycles. The van der Waals surface area contributed by atoms with Crippen molar-refractivity contribution in [3.05, 3.63) is 58.4 Å². The van der Waals surface area contributed by atoms with Crippen LogP contribution >= 0.6 is 36.0 Å². The summed E-state index contributed by atoms with van der Waals surface area (Å²) in [7, 11) is 0. The summed E-state index contributed by atoms with van der Waals surface area (Å²) in [6.45, 7) is 0. The Labute approximate surface area is 142 Å². The SMILES string of the molecule is N=C(N)SCc1cc(Cl)ccc1Oc1ccc(F)cc1CS. The quantitative estimate of drug-likeness (QED) is 0.408. The van der Waals surface area contributed by atoms with E-state index in [1.54, 1.807) is 24.3 Å². The molecule has 0 amide bonds. The first-order chi connectivity index (χ1) is 10.5. The van der Waals surface area contributed by atoms with E-state index < -0.39 is 0 Å². The molecule has 0 unspecified atom stereocenters. The molecule has 0 saturated heterocycles. The number of thioether (sulfide) groups is 1. The third-order valence-electron chi connectivity index (χ3n) is 2.82. The van der Waals surface area contributed by atoms with Crippen molar-refractivity contribution in [3.63, 3.8) is 0 Å². The van der Waals surface area contributed by atoms with Crippen molar-refractivity contribution >= 4 is 41.2 Å². The van der Waals surface area contributed by atoms with Crippen LogP contribution in [0.5, 0.6) is 11.5 Å². The third-order valence-corrected chi connectivity index (χ3v) is 4.16. The first-order valence-electron chi connectivity index (χ1n) is 6.32. The predicted molar refractivity (Wildman–Crippen MR) is 93.8 cm³/mol. The minimum Gasteiger partial charge on any atom is -0.457 e. The highest BCUT2D eigenvalue weighted by Gasteiger charge is 2.10. The summed E-state index contributed by atoms with van der Waals surface area (Å²) in [5.41, 5.74) is 6.83. The van der Waals surface area contributed by atoms with E-state index in [1.807, 2.05) is 0 Å². The molecule has 0 saturated carbocycles. The highest BCUT2D eigenvalue weighted by Crippen LogP contribution is 2.33. The molecule has 0 aliphatic heterocycles. The zero-order chi connectivity index (χ0) is 16.1. The molecule has 0 fully saturated rings. The van der Waals surface area contributed by atoms with Gasteiger partial charge in [0.2, 0.25) is 0 Å². The molecule has 22 heavy (non-hydrogen) atoms. The molecule has 3 nitrogen and oxygen atoms in total. The lowest BCUT2D eigenvalue weighted by Gasteiger charge is -2.14. The Kier molecular flexibility index (Phi) is 5.99. The number of nitrogens with one attached hydrogen (secondary N) is 1. The van der Waals surface area contributed by atoms with Crippen molar-refractivity contribution < 1.29 is 9.13 Å². The highest BCUT2D eigenvalue weighted by atomic mass is 35.5. The minimum absolute atomic E-state index is 0.0174. The molecule has 0 atom stereocenters. The molecule has 0 bridgehead atoms. The van der Waals surface area contributed by atoms with Crippen molar-refractivity contribution in [1.29, 1.82) is 5.41 Å². The van der Waals surface area contributed by atoms with E-state index in [2.05, 4.69) is 12.6 Å². The average Bonchev–Trinajstić information content (AvgIpc) is 2.48. The Bertz CT molecular complexity index is 697. The van der Waals surface area contributed by atoms with Gasteiger partial charge in [-0.15, -0.1) is 0 Å². The van der Waals surface area contributed by atoms with Crippen LogP contribution in [-0.2, 0) is 11.5 Å². The van der Waals surface area contributed by atoms with Gasteiger partial charge in [0.1, 0.15) is 17.3 Å². The summed E-state index contributed by atoms with van der Waals surface area (Å²) in [4.78, 5) is 0. The van der Waals surface area contributed by atoms with Crippen LogP contribution in [-0.4, -0.2) is 5.17 Å². The first kappa shape index (κ1) is 17.0. The lowest BCUT2D eigenvalue weighted by Crippen LogP contribution is -2.04. The van der Waals surface area contributed by atoms with Crippen LogP contribution in [0.3, 0.4) is 0 Å². The Morgan fingerprint density at radius 1 is 1.23 bits per heavy atom. The Morgan fingerprint density at radius 3 is 2.59 bits per heavy atom. The lowest BCUT2D eigenvalue weighted by atomic mass is 10.2. The Balaban J connectivity index is 2.30. The minimum atomic E-state index is -0.333. The van der Waals surface area contributed by atoms with E-state index in [4.69, 9.17) is 27.5 Å². The molecular formula is C15H14ClFN2OS2. The molecule has 0 aromatic heterocycles. The second kappa shape index (κ2) is 7.76. The van der Waals surface area contributed by atoms with Gasteiger partial charge < -0.3 is 10.5 Å². The molecule has 0 spiro atoms. The van der Waals surface area contributed by atoms with E-state index >= 15 is 0 Å². The van der Waals surface area contributed by atoms with Gasteiger partial charge in [0.05, 0.1) is 0 Å². The highest BCUT2D eigenvalue weighted by molar-refractivity contribution is 8.13. The van der Waals surface area contributed by atoms with Crippen molar-refractivity contribution in [2.75, 3.05) is 0 Å². The summed E-state index contributed by atoms with van der Waals surface area (Å²) < 4.78 is 19.1. The van der Waals surface area contributed by atoms with Gasteiger partial charge in [0.15, 0.2) is 5.17 Å². The van der Waals surface area contributed by atoms with Gasteiger partial charge in [-0.3, -0.25) is 5.41 Å². The maximum Gasteiger partial charge on any atom is 0.151 e. The number of rotatable bonds is 5. The maximum atomic E-state index is 13.3. The number of benzene rings is 2. The fourth-order valence-corrected chi connectivity index (χ4v) is 2.78. The van der Waals surface area contributed by atoms with E-state index in [9.17, 15) is 4.39 Å². The number of hydrogen-bond acceptors (Lipinski definition) is 4. The number of thiol groups is 1. The van der Waals surface area contributed by atoms with E-state index in [0.29, 0.717) is 33.6 Å². The van der Waals surface area contributed by atoms with Gasteiger partial charge in [-0.25, -0.2) is 4.39 Å². The molecule has 0 heterocycles. The zero-order valence-corrected chi connectivity index (χ0v) is 13.9. The second-order valence-corrected chi connectivity index (χ2v) is 6.19. The van der Waals surface area contributed by atoms with Crippen molar-refractivity contribution in [2.24, 2.45) is 5.73 Å². The molecule has 0 radical (unpaired) electrons. The van der Waals surface area contributed by atoms with E-state index in [0.717, 1.165) is 5.56 Å². The molecule has 2 aromatic carbocycles. The van der Waals surface area contributed by atoms with Crippen molar-refractivity contribution in [3.8, 4) is 11.5 Å². The molecular weight excluding hydrogens is 343 g/mol. The van der Waals surface area contributed by atoms with Crippen LogP contribution in [0.4, 0.5) is 4.39 Å². The number of ether oxygens (including phenoxy) is 1. The van der Waals surface area contributed by atoms with Gasteiger partial charge in [-0.2, -0.15) is 12.6 Å². The molecule has 3 N–H and O–H groups in total. The molecule has 116 valence electrons. The summed E-state index contributed by atoms with van der Waals surface area (Å²) in [5, 5.41) is 7.88. The number of halogens is 2. The van der Waals surface area contributed by atoms with Crippen LogP contribution in [0.1, 0.15) is 11.1 Å². The Morgan fingerprint density at radius 2 is 1.91 bits per heavy atom. The van der Waals surface area contributed by atoms with Crippen LogP contribution in [0.25, 0.3) is 0 Å². The van der Waals surface area contributed by atoms with Crippen LogP contribution < -0.4 is 10.5 Å². The standard InChI is InChI=1S/C15H14ClFN2OS2/c16-11-1-3-14(10(5-11)8-22-15(18)19)20-13-4-2-12(17)6-9(13)7-21/h1-6,21H,7-8H2,(H3,18,19). The number of hydrogen-bond donors (Lipinski definition) is 3. The summed E-state index contributed by atoms with van der Waals surface area (Å²) in [6.07, 6.45) is 0. The summed E-state index contributed by atoms with van der Waals surface area (Å²) in [5.74, 6) is 1.61. The molecule has 2 aromatic rings. The maximum absolute atomic E-state index is 13.3. The number of amidine groups is 1. The van der Waals surface area contributed by atoms with Crippen molar-refractivity contribution in [1.82, 2.24) is 0 Å². The molecule has 0 aliphatic rings. The van der Waals surface area contributed by atoms with Crippen LogP contribution in [0.15, 0.2) is 36.4 Å². The topological polar surface area (TPSA) is 59.1 Å². The van der Waals surface area contributed by atoms with Crippen LogP contribution in [0, 0.1) is 11.2 Å². The van der Waals surface area contributed by atoms with E-state index in [1.165, 1.54) is 23.9 Å². The lowest BCUT2D eigenvalue weighted by molar-refractivity contribution is 0.472. The van der Waals surface area contributed by atoms with Gasteiger partial charge in [-0.05, 0) is 36.4 Å². The monoisotopic (exact) mass is 356 g/mol. The van der Waals surface area contributed by atoms with Gasteiger partial charge in [0.25, 0.3) is 0 Å². The third kappa shape index (κ3) is 4.56. The van der Waals surface area contributed by atoms with Gasteiger partial charge in [-0.1, -0.05) is 23.4 Å². The normalized spacial score (nSPS) is 10.5. The Hall–Kier alpha value is -1.37. The summed E-state index contributed by atoms with van der Waals surface area (Å²) >= 11 is 11.4. The summed E-state index contributed by atoms with van der Waals surface area (Å²) in [6, 6.07) is 9.51. The second-order valence-electron chi connectivity index (χ2n) is 4.42. The van der Waals surface area contributed by atoms with E-state index in [-0.39, 0.29) is 11.0 Å². The smallest absolute Gasteiger partial charge is 0.151 e. The van der Waals surface area contributed by atoms with Crippen molar-refractivity contribution in [2.45, 2.75) is 11.5 Å². The molecule has 7 heteroatoms. The fraction of sp³-hybridized carbons (Fsp3) is 0.133. The zero-order valence-electron chi connectivity index (χ0n) is 11.5. The van der Waals surface area contributed by atoms with Gasteiger partial charge >= 0.3 is 0 Å². The fourth-order valence-electron chi connectivity index (χ4n) is 1.81. The number of nitrogens with two attached hydrogens (primary N) is 1. The largest absolute Gasteiger partial charge is 0.457 e. The molecule has 2 rings (SSSR count).